The Morgan fingerprint density at radius 3 is 2.48 bits per heavy atom. The molecular weight excluding hydrogens is 405 g/mol. The van der Waals surface area contributed by atoms with Gasteiger partial charge in [-0.25, -0.2) is 0 Å². The number of nitrogens with zero attached hydrogens (tertiary/aromatic N) is 2. The minimum absolute atomic E-state index is 0.0601. The molecule has 1 fully saturated rings. The molecule has 2 aromatic rings. The lowest BCUT2D eigenvalue weighted by molar-refractivity contribution is -0.129. The van der Waals surface area contributed by atoms with E-state index in [4.69, 9.17) is 23.2 Å². The maximum atomic E-state index is 12.7. The Labute approximate surface area is 183 Å². The van der Waals surface area contributed by atoms with E-state index in [0.29, 0.717) is 16.0 Å². The number of halogens is 2. The fourth-order valence-corrected chi connectivity index (χ4v) is 4.01. The minimum Gasteiger partial charge on any atom is -0.347 e. The van der Waals surface area contributed by atoms with Gasteiger partial charge in [0.25, 0.3) is 0 Å². The van der Waals surface area contributed by atoms with Gasteiger partial charge >= 0.3 is 0 Å². The number of carbonyl (C=O) groups is 1. The summed E-state index contributed by atoms with van der Waals surface area (Å²) in [6.45, 7) is 8.62. The lowest BCUT2D eigenvalue weighted by Crippen LogP contribution is -2.44. The van der Waals surface area contributed by atoms with E-state index in [1.165, 1.54) is 5.56 Å². The van der Waals surface area contributed by atoms with Crippen LogP contribution >= 0.6 is 23.2 Å². The molecule has 1 aromatic heterocycles. The predicted molar refractivity (Wildman–Crippen MR) is 119 cm³/mol. The Morgan fingerprint density at radius 2 is 1.90 bits per heavy atom. The summed E-state index contributed by atoms with van der Waals surface area (Å²) in [4.78, 5) is 19.6. The molecule has 0 spiro atoms. The van der Waals surface area contributed by atoms with E-state index in [1.807, 2.05) is 57.2 Å². The van der Waals surface area contributed by atoms with Crippen molar-refractivity contribution in [3.8, 4) is 0 Å². The van der Waals surface area contributed by atoms with Gasteiger partial charge in [0, 0.05) is 18.2 Å². The van der Waals surface area contributed by atoms with E-state index in [0.717, 1.165) is 38.2 Å². The van der Waals surface area contributed by atoms with Crippen LogP contribution in [0.4, 0.5) is 0 Å². The van der Waals surface area contributed by atoms with Gasteiger partial charge in [-0.3, -0.25) is 14.7 Å². The van der Waals surface area contributed by atoms with E-state index < -0.39 is 5.41 Å². The third-order valence-electron chi connectivity index (χ3n) is 5.47. The molecule has 3 rings (SSSR count). The van der Waals surface area contributed by atoms with Crippen molar-refractivity contribution in [3.63, 3.8) is 0 Å². The average Bonchev–Trinajstić information content (AvgIpc) is 2.69. The number of pyridine rings is 1. The number of likely N-dealkylation sites (tertiary alicyclic amines) is 1. The van der Waals surface area contributed by atoms with Crippen molar-refractivity contribution in [1.29, 1.82) is 0 Å². The van der Waals surface area contributed by atoms with Crippen molar-refractivity contribution in [1.82, 2.24) is 15.2 Å². The summed E-state index contributed by atoms with van der Waals surface area (Å²) in [7, 11) is 0. The molecule has 4 nitrogen and oxygen atoms in total. The summed E-state index contributed by atoms with van der Waals surface area (Å²) in [5.41, 5.74) is 1.68. The second kappa shape index (κ2) is 9.46. The highest BCUT2D eigenvalue weighted by molar-refractivity contribution is 6.42. The number of nitrogens with one attached hydrogen (secondary N) is 1. The zero-order valence-electron chi connectivity index (χ0n) is 17.3. The van der Waals surface area contributed by atoms with Crippen molar-refractivity contribution >= 4 is 29.1 Å². The number of rotatable bonds is 5. The van der Waals surface area contributed by atoms with Gasteiger partial charge in [-0.2, -0.15) is 0 Å². The Kier molecular flexibility index (Phi) is 7.20. The van der Waals surface area contributed by atoms with E-state index in [1.54, 1.807) is 6.20 Å². The first kappa shape index (κ1) is 22.1. The monoisotopic (exact) mass is 433 g/mol. The second-order valence-electron chi connectivity index (χ2n) is 8.82. The van der Waals surface area contributed by atoms with E-state index >= 15 is 0 Å². The standard InChI is InChI=1S/C23H29Cl2N3O/c1-23(2,3)22(29)27-21(20-6-4-5-11-26-20)17-9-12-28(13-10-17)15-16-7-8-18(24)19(25)14-16/h4-8,11,14,17,21H,9-10,12-13,15H2,1-3H3,(H,27,29)/t21-/m1/s1. The molecule has 29 heavy (non-hydrogen) atoms. The summed E-state index contributed by atoms with van der Waals surface area (Å²) in [5, 5.41) is 4.45. The first-order chi connectivity index (χ1) is 13.7. The quantitative estimate of drug-likeness (QED) is 0.676. The van der Waals surface area contributed by atoms with Gasteiger partial charge in [0.05, 0.1) is 21.8 Å². The highest BCUT2D eigenvalue weighted by Crippen LogP contribution is 2.32. The van der Waals surface area contributed by atoms with Gasteiger partial charge in [-0.05, 0) is 61.7 Å². The van der Waals surface area contributed by atoms with Gasteiger partial charge in [0.15, 0.2) is 0 Å². The Balaban J connectivity index is 1.66. The van der Waals surface area contributed by atoms with Crippen LogP contribution in [0.1, 0.15) is 50.9 Å². The maximum Gasteiger partial charge on any atom is 0.225 e. The highest BCUT2D eigenvalue weighted by Gasteiger charge is 2.32. The van der Waals surface area contributed by atoms with E-state index in [9.17, 15) is 4.79 Å². The topological polar surface area (TPSA) is 45.2 Å². The number of benzene rings is 1. The summed E-state index contributed by atoms with van der Waals surface area (Å²) in [5.74, 6) is 0.424. The molecule has 1 atom stereocenters. The largest absolute Gasteiger partial charge is 0.347 e. The molecule has 6 heteroatoms. The third kappa shape index (κ3) is 5.94. The van der Waals surface area contributed by atoms with Crippen LogP contribution in [0.25, 0.3) is 0 Å². The number of hydrogen-bond donors (Lipinski definition) is 1. The molecule has 0 bridgehead atoms. The first-order valence-corrected chi connectivity index (χ1v) is 10.9. The first-order valence-electron chi connectivity index (χ1n) is 10.1. The van der Waals surface area contributed by atoms with E-state index in [-0.39, 0.29) is 11.9 Å². The number of aromatic nitrogens is 1. The normalized spacial score (nSPS) is 17.1. The van der Waals surface area contributed by atoms with Crippen LogP contribution in [0.3, 0.4) is 0 Å². The number of carbonyl (C=O) groups excluding carboxylic acids is 1. The zero-order chi connectivity index (χ0) is 21.0. The predicted octanol–water partition coefficient (Wildman–Crippen LogP) is 5.50. The summed E-state index contributed by atoms with van der Waals surface area (Å²) >= 11 is 12.2. The molecule has 1 aliphatic heterocycles. The van der Waals surface area contributed by atoms with Gasteiger partial charge in [-0.15, -0.1) is 0 Å². The third-order valence-corrected chi connectivity index (χ3v) is 6.21. The molecule has 1 amide bonds. The molecule has 0 saturated carbocycles. The number of hydrogen-bond acceptors (Lipinski definition) is 3. The number of amides is 1. The molecule has 1 aliphatic rings. The van der Waals surface area contributed by atoms with Crippen LogP contribution in [0, 0.1) is 11.3 Å². The molecule has 1 N–H and O–H groups in total. The SMILES string of the molecule is CC(C)(C)C(=O)N[C@@H](c1ccccn1)C1CCN(Cc2ccc(Cl)c(Cl)c2)CC1. The van der Waals surface area contributed by atoms with E-state index in [2.05, 4.69) is 15.2 Å². The summed E-state index contributed by atoms with van der Waals surface area (Å²) < 4.78 is 0. The summed E-state index contributed by atoms with van der Waals surface area (Å²) in [6.07, 6.45) is 3.81. The smallest absolute Gasteiger partial charge is 0.225 e. The van der Waals surface area contributed by atoms with Crippen molar-refractivity contribution in [2.24, 2.45) is 11.3 Å². The highest BCUT2D eigenvalue weighted by atomic mass is 35.5. The molecule has 1 aromatic carbocycles. The van der Waals surface area contributed by atoms with Crippen LogP contribution in [0.5, 0.6) is 0 Å². The minimum atomic E-state index is -0.429. The Bertz CT molecular complexity index is 828. The second-order valence-corrected chi connectivity index (χ2v) is 9.63. The van der Waals surface area contributed by atoms with Crippen LogP contribution in [-0.2, 0) is 11.3 Å². The van der Waals surface area contributed by atoms with Crippen LogP contribution in [0.2, 0.25) is 10.0 Å². The van der Waals surface area contributed by atoms with Gasteiger partial charge in [0.2, 0.25) is 5.91 Å². The van der Waals surface area contributed by atoms with Crippen LogP contribution < -0.4 is 5.32 Å². The Hall–Kier alpha value is -1.62. The maximum absolute atomic E-state index is 12.7. The lowest BCUT2D eigenvalue weighted by Gasteiger charge is -2.37. The molecule has 0 aliphatic carbocycles. The molecule has 0 radical (unpaired) electrons. The zero-order valence-corrected chi connectivity index (χ0v) is 18.8. The van der Waals surface area contributed by atoms with Gasteiger partial charge in [-0.1, -0.05) is 56.1 Å². The van der Waals surface area contributed by atoms with Crippen molar-refractivity contribution in [3.05, 3.63) is 63.9 Å². The molecule has 156 valence electrons. The molecule has 1 saturated heterocycles. The lowest BCUT2D eigenvalue weighted by atomic mass is 9.85. The van der Waals surface area contributed by atoms with Crippen LogP contribution in [0.15, 0.2) is 42.6 Å². The van der Waals surface area contributed by atoms with Crippen molar-refractivity contribution in [2.75, 3.05) is 13.1 Å². The number of piperidine rings is 1. The molecular formula is C23H29Cl2N3O. The van der Waals surface area contributed by atoms with Crippen molar-refractivity contribution in [2.45, 2.75) is 46.2 Å². The van der Waals surface area contributed by atoms with Gasteiger partial charge < -0.3 is 5.32 Å². The molecule has 2 heterocycles. The fourth-order valence-electron chi connectivity index (χ4n) is 3.69. The fraction of sp³-hybridized carbons (Fsp3) is 0.478. The molecule has 0 unspecified atom stereocenters. The van der Waals surface area contributed by atoms with Gasteiger partial charge in [0.1, 0.15) is 0 Å². The Morgan fingerprint density at radius 1 is 1.17 bits per heavy atom. The summed E-state index contributed by atoms with van der Waals surface area (Å²) in [6, 6.07) is 11.7. The van der Waals surface area contributed by atoms with Crippen LogP contribution in [-0.4, -0.2) is 28.9 Å². The van der Waals surface area contributed by atoms with Crippen molar-refractivity contribution < 1.29 is 4.79 Å². The average molecular weight is 434 g/mol.